The highest BCUT2D eigenvalue weighted by Gasteiger charge is 2.42. The fourth-order valence-electron chi connectivity index (χ4n) is 3.75. The van der Waals surface area contributed by atoms with E-state index in [9.17, 15) is 0 Å². The molecule has 1 saturated carbocycles. The van der Waals surface area contributed by atoms with Gasteiger partial charge in [-0.25, -0.2) is 4.98 Å². The first-order chi connectivity index (χ1) is 11.4. The highest BCUT2D eigenvalue weighted by molar-refractivity contribution is 7.09. The molecule has 3 heterocycles. The molecule has 0 aromatic carbocycles. The SMILES string of the molecule is c1csc(COC[C@@H]2CC[C@H]3[C@H]2OCCN3Cc2ccoc2)n1. The van der Waals surface area contributed by atoms with Crippen LogP contribution in [0.5, 0.6) is 0 Å². The predicted octanol–water partition coefficient (Wildman–Crippen LogP) is 2.93. The number of furan rings is 1. The van der Waals surface area contributed by atoms with Crippen molar-refractivity contribution >= 4 is 11.3 Å². The van der Waals surface area contributed by atoms with E-state index in [1.165, 1.54) is 18.4 Å². The second-order valence-corrected chi connectivity index (χ2v) is 7.26. The molecule has 0 N–H and O–H groups in total. The molecule has 2 aromatic rings. The third kappa shape index (κ3) is 3.50. The maximum Gasteiger partial charge on any atom is 0.118 e. The van der Waals surface area contributed by atoms with Crippen LogP contribution >= 0.6 is 11.3 Å². The molecule has 2 aliphatic rings. The number of fused-ring (bicyclic) bond motifs is 1. The Hall–Kier alpha value is -1.21. The lowest BCUT2D eigenvalue weighted by Gasteiger charge is -2.39. The number of thiazole rings is 1. The van der Waals surface area contributed by atoms with Crippen LogP contribution in [-0.2, 0) is 22.6 Å². The largest absolute Gasteiger partial charge is 0.472 e. The van der Waals surface area contributed by atoms with Gasteiger partial charge in [0.05, 0.1) is 38.5 Å². The smallest absolute Gasteiger partial charge is 0.118 e. The Morgan fingerprint density at radius 2 is 2.39 bits per heavy atom. The van der Waals surface area contributed by atoms with Crippen LogP contribution in [-0.4, -0.2) is 41.8 Å². The first-order valence-corrected chi connectivity index (χ1v) is 9.11. The molecule has 0 spiro atoms. The van der Waals surface area contributed by atoms with E-state index >= 15 is 0 Å². The summed E-state index contributed by atoms with van der Waals surface area (Å²) in [6, 6.07) is 2.56. The van der Waals surface area contributed by atoms with Gasteiger partial charge in [-0.2, -0.15) is 0 Å². The van der Waals surface area contributed by atoms with Gasteiger partial charge in [-0.1, -0.05) is 0 Å². The molecule has 0 amide bonds. The van der Waals surface area contributed by atoms with E-state index in [0.717, 1.165) is 31.3 Å². The minimum Gasteiger partial charge on any atom is -0.472 e. The Balaban J connectivity index is 1.31. The molecule has 2 fully saturated rings. The van der Waals surface area contributed by atoms with Gasteiger partial charge in [0, 0.05) is 42.2 Å². The van der Waals surface area contributed by atoms with Gasteiger partial charge in [0.25, 0.3) is 0 Å². The highest BCUT2D eigenvalue weighted by Crippen LogP contribution is 2.35. The molecule has 1 aliphatic heterocycles. The topological polar surface area (TPSA) is 47.7 Å². The fraction of sp³-hybridized carbons (Fsp3) is 0.588. The number of ether oxygens (including phenoxy) is 2. The summed E-state index contributed by atoms with van der Waals surface area (Å²) >= 11 is 1.65. The maximum atomic E-state index is 6.09. The van der Waals surface area contributed by atoms with Crippen LogP contribution in [0.1, 0.15) is 23.4 Å². The van der Waals surface area contributed by atoms with Crippen LogP contribution in [0.25, 0.3) is 0 Å². The molecule has 5 nitrogen and oxygen atoms in total. The minimum absolute atomic E-state index is 0.298. The molecule has 124 valence electrons. The van der Waals surface area contributed by atoms with E-state index in [1.807, 2.05) is 23.9 Å². The average Bonchev–Trinajstić information content (AvgIpc) is 3.30. The van der Waals surface area contributed by atoms with Crippen molar-refractivity contribution in [3.05, 3.63) is 40.7 Å². The fourth-order valence-corrected chi connectivity index (χ4v) is 4.30. The van der Waals surface area contributed by atoms with E-state index in [0.29, 0.717) is 24.7 Å². The van der Waals surface area contributed by atoms with Crippen LogP contribution in [0.15, 0.2) is 34.6 Å². The molecule has 1 saturated heterocycles. The molecule has 2 aromatic heterocycles. The van der Waals surface area contributed by atoms with Gasteiger partial charge in [0.15, 0.2) is 0 Å². The van der Waals surface area contributed by atoms with Gasteiger partial charge in [0.1, 0.15) is 5.01 Å². The van der Waals surface area contributed by atoms with Crippen LogP contribution in [0.2, 0.25) is 0 Å². The summed E-state index contributed by atoms with van der Waals surface area (Å²) in [4.78, 5) is 6.80. The molecule has 23 heavy (non-hydrogen) atoms. The predicted molar refractivity (Wildman–Crippen MR) is 87.1 cm³/mol. The number of nitrogens with zero attached hydrogens (tertiary/aromatic N) is 2. The molecule has 0 radical (unpaired) electrons. The monoisotopic (exact) mass is 334 g/mol. The van der Waals surface area contributed by atoms with Crippen LogP contribution in [0.3, 0.4) is 0 Å². The van der Waals surface area contributed by atoms with Gasteiger partial charge in [0.2, 0.25) is 0 Å². The zero-order valence-corrected chi connectivity index (χ0v) is 13.9. The third-order valence-electron chi connectivity index (χ3n) is 4.84. The number of morpholine rings is 1. The lowest BCUT2D eigenvalue weighted by molar-refractivity contribution is -0.0891. The lowest BCUT2D eigenvalue weighted by Crippen LogP contribution is -2.50. The van der Waals surface area contributed by atoms with E-state index in [1.54, 1.807) is 17.6 Å². The van der Waals surface area contributed by atoms with Crippen molar-refractivity contribution in [3.63, 3.8) is 0 Å². The van der Waals surface area contributed by atoms with Crippen molar-refractivity contribution < 1.29 is 13.9 Å². The molecular formula is C17H22N2O3S. The highest BCUT2D eigenvalue weighted by atomic mass is 32.1. The number of hydrogen-bond donors (Lipinski definition) is 0. The quantitative estimate of drug-likeness (QED) is 0.813. The molecule has 6 heteroatoms. The summed E-state index contributed by atoms with van der Waals surface area (Å²) in [6.45, 7) is 4.14. The second-order valence-electron chi connectivity index (χ2n) is 6.28. The summed E-state index contributed by atoms with van der Waals surface area (Å²) in [5, 5.41) is 3.04. The van der Waals surface area contributed by atoms with Crippen molar-refractivity contribution in [2.75, 3.05) is 19.8 Å². The summed E-state index contributed by atoms with van der Waals surface area (Å²) in [7, 11) is 0. The van der Waals surface area contributed by atoms with Crippen molar-refractivity contribution in [3.8, 4) is 0 Å². The Labute approximate surface area is 140 Å². The van der Waals surface area contributed by atoms with Crippen LogP contribution in [0, 0.1) is 5.92 Å². The third-order valence-corrected chi connectivity index (χ3v) is 5.59. The molecule has 0 unspecified atom stereocenters. The standard InChI is InChI=1S/C17H22N2O3S/c1-2-15-17(14(1)11-21-12-16-18-4-8-23-16)22-7-5-19(15)9-13-3-6-20-10-13/h3-4,6,8,10,14-15,17H,1-2,5,7,9,11-12H2/t14-,15-,17-/m0/s1. The van der Waals surface area contributed by atoms with E-state index in [-0.39, 0.29) is 0 Å². The summed E-state index contributed by atoms with van der Waals surface area (Å²) in [5.74, 6) is 0.493. The molecular weight excluding hydrogens is 312 g/mol. The van der Waals surface area contributed by atoms with Crippen molar-refractivity contribution in [1.82, 2.24) is 9.88 Å². The van der Waals surface area contributed by atoms with Crippen molar-refractivity contribution in [2.24, 2.45) is 5.92 Å². The summed E-state index contributed by atoms with van der Waals surface area (Å²) in [6.07, 6.45) is 8.08. The summed E-state index contributed by atoms with van der Waals surface area (Å²) in [5.41, 5.74) is 1.24. The van der Waals surface area contributed by atoms with Crippen molar-refractivity contribution in [2.45, 2.75) is 38.1 Å². The van der Waals surface area contributed by atoms with Gasteiger partial charge in [-0.15, -0.1) is 11.3 Å². The van der Waals surface area contributed by atoms with Gasteiger partial charge in [-0.05, 0) is 18.9 Å². The zero-order valence-electron chi connectivity index (χ0n) is 13.1. The van der Waals surface area contributed by atoms with E-state index in [2.05, 4.69) is 9.88 Å². The molecule has 3 atom stereocenters. The number of rotatable bonds is 6. The Kier molecular flexibility index (Phi) is 4.75. The Bertz CT molecular complexity index is 587. The van der Waals surface area contributed by atoms with Gasteiger partial charge < -0.3 is 13.9 Å². The van der Waals surface area contributed by atoms with Gasteiger partial charge in [-0.3, -0.25) is 4.90 Å². The average molecular weight is 334 g/mol. The first-order valence-electron chi connectivity index (χ1n) is 8.23. The lowest BCUT2D eigenvalue weighted by atomic mass is 10.0. The second kappa shape index (κ2) is 7.13. The maximum absolute atomic E-state index is 6.09. The van der Waals surface area contributed by atoms with E-state index in [4.69, 9.17) is 13.9 Å². The van der Waals surface area contributed by atoms with Crippen LogP contribution in [0.4, 0.5) is 0 Å². The van der Waals surface area contributed by atoms with E-state index < -0.39 is 0 Å². The summed E-state index contributed by atoms with van der Waals surface area (Å²) < 4.78 is 17.2. The molecule has 1 aliphatic carbocycles. The normalized spacial score (nSPS) is 28.1. The van der Waals surface area contributed by atoms with Crippen LogP contribution < -0.4 is 0 Å². The Morgan fingerprint density at radius 1 is 1.39 bits per heavy atom. The minimum atomic E-state index is 0.298. The Morgan fingerprint density at radius 3 is 3.22 bits per heavy atom. The zero-order chi connectivity index (χ0) is 15.5. The number of aromatic nitrogens is 1. The molecule has 0 bridgehead atoms. The number of hydrogen-bond acceptors (Lipinski definition) is 6. The first kappa shape index (κ1) is 15.3. The van der Waals surface area contributed by atoms with Crippen molar-refractivity contribution in [1.29, 1.82) is 0 Å². The molecule has 4 rings (SSSR count). The van der Waals surface area contributed by atoms with Gasteiger partial charge >= 0.3 is 0 Å².